The second-order valence-electron chi connectivity index (χ2n) is 10.5. The van der Waals surface area contributed by atoms with E-state index in [-0.39, 0.29) is 5.41 Å². The van der Waals surface area contributed by atoms with Gasteiger partial charge in [0.15, 0.2) is 0 Å². The molecule has 1 unspecified atom stereocenters. The first-order chi connectivity index (χ1) is 18.1. The molecular formula is C36H39N. The zero-order valence-corrected chi connectivity index (χ0v) is 22.4. The van der Waals surface area contributed by atoms with E-state index in [4.69, 9.17) is 0 Å². The van der Waals surface area contributed by atoms with E-state index in [1.54, 1.807) is 0 Å². The highest BCUT2D eigenvalue weighted by Gasteiger charge is 2.38. The molecule has 1 atom stereocenters. The number of unbranched alkanes of at least 4 members (excludes halogenated alkanes) is 3. The minimum absolute atomic E-state index is 0.244. The maximum atomic E-state index is 4.47. The van der Waals surface area contributed by atoms with Crippen molar-refractivity contribution in [3.05, 3.63) is 121 Å². The predicted molar refractivity (Wildman–Crippen MR) is 161 cm³/mol. The van der Waals surface area contributed by atoms with Crippen LogP contribution >= 0.6 is 0 Å². The Kier molecular flexibility index (Phi) is 7.60. The average Bonchev–Trinajstić information content (AvgIpc) is 3.24. The van der Waals surface area contributed by atoms with Crippen LogP contribution in [-0.2, 0) is 5.41 Å². The van der Waals surface area contributed by atoms with Crippen molar-refractivity contribution in [2.24, 2.45) is 0 Å². The molecule has 0 bridgehead atoms. The lowest BCUT2D eigenvalue weighted by Crippen LogP contribution is -2.21. The summed E-state index contributed by atoms with van der Waals surface area (Å²) in [6.45, 7) is 9.13. The fraction of sp³-hybridized carbons (Fsp3) is 0.278. The van der Waals surface area contributed by atoms with Gasteiger partial charge >= 0.3 is 0 Å². The van der Waals surface area contributed by atoms with E-state index >= 15 is 0 Å². The molecule has 1 aliphatic rings. The third kappa shape index (κ3) is 5.14. The van der Waals surface area contributed by atoms with E-state index in [9.17, 15) is 0 Å². The third-order valence-corrected chi connectivity index (χ3v) is 8.20. The van der Waals surface area contributed by atoms with Gasteiger partial charge in [0.2, 0.25) is 0 Å². The van der Waals surface area contributed by atoms with Crippen molar-refractivity contribution in [1.29, 1.82) is 0 Å². The molecular weight excluding hydrogens is 446 g/mol. The maximum absolute atomic E-state index is 4.47. The van der Waals surface area contributed by atoms with Crippen LogP contribution in [0.4, 0.5) is 17.1 Å². The highest BCUT2D eigenvalue weighted by Crippen LogP contribution is 2.51. The molecule has 0 spiro atoms. The van der Waals surface area contributed by atoms with E-state index < -0.39 is 0 Å². The van der Waals surface area contributed by atoms with E-state index in [2.05, 4.69) is 128 Å². The molecule has 188 valence electrons. The number of anilines is 3. The Hall–Kier alpha value is -3.58. The van der Waals surface area contributed by atoms with Gasteiger partial charge in [-0.1, -0.05) is 107 Å². The molecule has 0 aromatic heterocycles. The summed E-state index contributed by atoms with van der Waals surface area (Å²) in [5.41, 5.74) is 10.5. The molecule has 0 amide bonds. The molecule has 0 radical (unpaired) electrons. The molecule has 37 heavy (non-hydrogen) atoms. The molecule has 4 aromatic rings. The van der Waals surface area contributed by atoms with Crippen LogP contribution in [0.5, 0.6) is 0 Å². The summed E-state index contributed by atoms with van der Waals surface area (Å²) >= 11 is 0. The van der Waals surface area contributed by atoms with Gasteiger partial charge in [-0.2, -0.15) is 0 Å². The van der Waals surface area contributed by atoms with Crippen LogP contribution in [0.25, 0.3) is 16.7 Å². The van der Waals surface area contributed by atoms with Gasteiger partial charge in [-0.15, -0.1) is 0 Å². The summed E-state index contributed by atoms with van der Waals surface area (Å²) in [5, 5.41) is 0. The minimum Gasteiger partial charge on any atom is -0.311 e. The van der Waals surface area contributed by atoms with Crippen molar-refractivity contribution >= 4 is 22.6 Å². The molecule has 0 N–H and O–H groups in total. The van der Waals surface area contributed by atoms with Crippen LogP contribution in [0.15, 0.2) is 110 Å². The van der Waals surface area contributed by atoms with E-state index in [1.165, 1.54) is 66.4 Å². The summed E-state index contributed by atoms with van der Waals surface area (Å²) in [5.74, 6) is 0. The van der Waals surface area contributed by atoms with Gasteiger partial charge in [0, 0.05) is 17.1 Å². The van der Waals surface area contributed by atoms with E-state index in [0.717, 1.165) is 23.5 Å². The summed E-state index contributed by atoms with van der Waals surface area (Å²) in [6.07, 6.45) is 8.81. The average molecular weight is 486 g/mol. The van der Waals surface area contributed by atoms with E-state index in [0.29, 0.717) is 0 Å². The largest absolute Gasteiger partial charge is 0.311 e. The minimum atomic E-state index is 0.244. The molecule has 1 nitrogen and oxygen atoms in total. The van der Waals surface area contributed by atoms with Gasteiger partial charge in [0.25, 0.3) is 0 Å². The zero-order chi connectivity index (χ0) is 25.7. The van der Waals surface area contributed by atoms with Gasteiger partial charge in [0.05, 0.1) is 0 Å². The highest BCUT2D eigenvalue weighted by molar-refractivity contribution is 5.80. The zero-order valence-electron chi connectivity index (χ0n) is 22.4. The number of fused-ring (bicyclic) bond motifs is 1. The fourth-order valence-corrected chi connectivity index (χ4v) is 6.08. The Labute approximate surface area is 223 Å². The number of allylic oxidation sites excluding steroid dienone is 1. The van der Waals surface area contributed by atoms with Crippen molar-refractivity contribution in [2.45, 2.75) is 64.2 Å². The fourth-order valence-electron chi connectivity index (χ4n) is 6.08. The number of hydrogen-bond acceptors (Lipinski definition) is 1. The topological polar surface area (TPSA) is 3.24 Å². The predicted octanol–water partition coefficient (Wildman–Crippen LogP) is 10.9. The lowest BCUT2D eigenvalue weighted by Gasteiger charge is -2.29. The first-order valence-electron chi connectivity index (χ1n) is 14.0. The maximum Gasteiger partial charge on any atom is 0.0462 e. The van der Waals surface area contributed by atoms with Gasteiger partial charge in [0.1, 0.15) is 0 Å². The SMILES string of the molecule is C=C1CC(CC)(CCCCCC)c2cc(-c3ccc(N(c4ccccc4)c4ccccc4)cc3)ccc21. The van der Waals surface area contributed by atoms with Gasteiger partial charge in [-0.25, -0.2) is 0 Å². The van der Waals surface area contributed by atoms with Crippen molar-refractivity contribution in [3.63, 3.8) is 0 Å². The third-order valence-electron chi connectivity index (χ3n) is 8.20. The van der Waals surface area contributed by atoms with Gasteiger partial charge in [-0.3, -0.25) is 0 Å². The van der Waals surface area contributed by atoms with E-state index in [1.807, 2.05) is 0 Å². The molecule has 0 aliphatic heterocycles. The molecule has 0 saturated heterocycles. The summed E-state index contributed by atoms with van der Waals surface area (Å²) in [7, 11) is 0. The lowest BCUT2D eigenvalue weighted by atomic mass is 9.74. The van der Waals surface area contributed by atoms with Crippen LogP contribution in [0.2, 0.25) is 0 Å². The monoisotopic (exact) mass is 485 g/mol. The Morgan fingerprint density at radius 2 is 1.27 bits per heavy atom. The normalized spacial score (nSPS) is 16.5. The quantitative estimate of drug-likeness (QED) is 0.202. The van der Waals surface area contributed by atoms with Gasteiger partial charge in [-0.05, 0) is 95.0 Å². The number of hydrogen-bond donors (Lipinski definition) is 0. The molecule has 5 rings (SSSR count). The number of benzene rings is 4. The number of rotatable bonds is 10. The molecule has 0 heterocycles. The Morgan fingerprint density at radius 1 is 0.676 bits per heavy atom. The molecule has 1 aliphatic carbocycles. The lowest BCUT2D eigenvalue weighted by molar-refractivity contribution is 0.380. The highest BCUT2D eigenvalue weighted by atomic mass is 15.1. The van der Waals surface area contributed by atoms with Crippen molar-refractivity contribution < 1.29 is 0 Å². The molecule has 0 fully saturated rings. The Balaban J connectivity index is 1.47. The smallest absolute Gasteiger partial charge is 0.0462 e. The van der Waals surface area contributed by atoms with Crippen molar-refractivity contribution in [1.82, 2.24) is 0 Å². The second-order valence-corrected chi connectivity index (χ2v) is 10.5. The first-order valence-corrected chi connectivity index (χ1v) is 14.0. The van der Waals surface area contributed by atoms with Crippen LogP contribution in [-0.4, -0.2) is 0 Å². The number of nitrogens with zero attached hydrogens (tertiary/aromatic N) is 1. The Morgan fingerprint density at radius 3 is 1.86 bits per heavy atom. The number of para-hydroxylation sites is 2. The summed E-state index contributed by atoms with van der Waals surface area (Å²) in [6, 6.07) is 37.3. The summed E-state index contributed by atoms with van der Waals surface area (Å²) in [4.78, 5) is 2.31. The van der Waals surface area contributed by atoms with Gasteiger partial charge < -0.3 is 4.90 Å². The Bertz CT molecular complexity index is 1280. The molecule has 4 aromatic carbocycles. The standard InChI is InChI=1S/C36H39N/c1-4-6-7-14-25-36(5-2)27-28(3)34-24-21-30(26-35(34)36)29-19-22-33(23-20-29)37(31-15-10-8-11-16-31)32-17-12-9-13-18-32/h8-13,15-24,26H,3-7,14,25,27H2,1-2H3. The van der Waals surface area contributed by atoms with Crippen molar-refractivity contribution in [3.8, 4) is 11.1 Å². The molecule has 1 heteroatoms. The van der Waals surface area contributed by atoms with Crippen LogP contribution in [0, 0.1) is 0 Å². The van der Waals surface area contributed by atoms with Crippen LogP contribution in [0.3, 0.4) is 0 Å². The summed E-state index contributed by atoms with van der Waals surface area (Å²) < 4.78 is 0. The molecule has 0 saturated carbocycles. The van der Waals surface area contributed by atoms with Crippen molar-refractivity contribution in [2.75, 3.05) is 4.90 Å². The van der Waals surface area contributed by atoms with Crippen LogP contribution in [0.1, 0.15) is 69.9 Å². The first kappa shape index (κ1) is 25.1. The second kappa shape index (κ2) is 11.2. The van der Waals surface area contributed by atoms with Crippen LogP contribution < -0.4 is 4.90 Å².